The molecule has 4 aromatic rings. The van der Waals surface area contributed by atoms with Crippen LogP contribution >= 0.6 is 15.9 Å². The number of benzene rings is 2. The van der Waals surface area contributed by atoms with E-state index >= 15 is 0 Å². The van der Waals surface area contributed by atoms with Crippen molar-refractivity contribution >= 4 is 27.7 Å². The summed E-state index contributed by atoms with van der Waals surface area (Å²) in [7, 11) is 1.53. The Morgan fingerprint density at radius 3 is 2.42 bits per heavy atom. The number of hydrogen-bond donors (Lipinski definition) is 1. The highest BCUT2D eigenvalue weighted by atomic mass is 79.9. The average molecular weight is 655 g/mol. The summed E-state index contributed by atoms with van der Waals surface area (Å²) < 4.78 is 43.4. The smallest absolute Gasteiger partial charge is 0.355 e. The van der Waals surface area contributed by atoms with Gasteiger partial charge in [-0.3, -0.25) is 14.4 Å². The molecule has 6 rings (SSSR count). The molecule has 43 heavy (non-hydrogen) atoms. The molecule has 3 heterocycles. The number of fused-ring (bicyclic) bond motifs is 1. The van der Waals surface area contributed by atoms with Gasteiger partial charge in [0, 0.05) is 40.4 Å². The Morgan fingerprint density at radius 1 is 1.07 bits per heavy atom. The van der Waals surface area contributed by atoms with Crippen molar-refractivity contribution in [1.82, 2.24) is 29.5 Å². The normalized spacial score (nSPS) is 16.6. The van der Waals surface area contributed by atoms with Crippen molar-refractivity contribution in [3.63, 3.8) is 0 Å². The molecule has 0 bridgehead atoms. The summed E-state index contributed by atoms with van der Waals surface area (Å²) in [5.41, 5.74) is 1.26. The molecular weight excluding hydrogens is 629 g/mol. The number of alkyl halides is 3. The highest BCUT2D eigenvalue weighted by Crippen LogP contribution is 2.40. The van der Waals surface area contributed by atoms with Crippen molar-refractivity contribution in [3.05, 3.63) is 103 Å². The molecule has 0 saturated heterocycles. The van der Waals surface area contributed by atoms with Crippen LogP contribution in [-0.4, -0.2) is 49.1 Å². The molecule has 2 aromatic heterocycles. The number of amides is 2. The van der Waals surface area contributed by atoms with Gasteiger partial charge in [0.05, 0.1) is 29.7 Å². The first-order valence-electron chi connectivity index (χ1n) is 13.7. The zero-order valence-corrected chi connectivity index (χ0v) is 24.7. The number of nitrogens with zero attached hydrogens (tertiary/aromatic N) is 5. The Balaban J connectivity index is 1.43. The fourth-order valence-electron chi connectivity index (χ4n) is 5.33. The van der Waals surface area contributed by atoms with E-state index in [1.165, 1.54) is 33.3 Å². The Hall–Kier alpha value is -4.26. The molecule has 0 unspecified atom stereocenters. The van der Waals surface area contributed by atoms with Crippen LogP contribution in [0.2, 0.25) is 0 Å². The van der Waals surface area contributed by atoms with E-state index in [2.05, 4.69) is 26.3 Å². The van der Waals surface area contributed by atoms with E-state index in [1.807, 2.05) is 6.20 Å². The number of nitrogens with one attached hydrogen (secondary N) is 1. The van der Waals surface area contributed by atoms with Crippen LogP contribution in [-0.2, 0) is 19.1 Å². The summed E-state index contributed by atoms with van der Waals surface area (Å²) in [5, 5.41) is 7.05. The first-order chi connectivity index (χ1) is 20.5. The van der Waals surface area contributed by atoms with E-state index < -0.39 is 23.7 Å². The molecule has 1 atom stereocenters. The second-order valence-corrected chi connectivity index (χ2v) is 11.6. The molecule has 0 spiro atoms. The Labute approximate surface area is 252 Å². The molecular formula is C30H26BrF3N6O3. The number of aromatic nitrogens is 4. The average Bonchev–Trinajstić information content (AvgIpc) is 3.72. The van der Waals surface area contributed by atoms with Crippen LogP contribution in [0.5, 0.6) is 0 Å². The SMILES string of the molecule is CNC(=O)c1ccc(-n2c(-n3cc(C4CC4)cn3)nc3c(c2=O)C[C@@H](C)N(C(=O)c2ccc(Br)c(C(F)(F)F)c2)C3)cc1. The molecule has 1 fully saturated rings. The van der Waals surface area contributed by atoms with Gasteiger partial charge in [-0.1, -0.05) is 15.9 Å². The van der Waals surface area contributed by atoms with Gasteiger partial charge in [-0.25, -0.2) is 14.2 Å². The van der Waals surface area contributed by atoms with Crippen molar-refractivity contribution in [2.75, 3.05) is 7.05 Å². The molecule has 2 aliphatic rings. The summed E-state index contributed by atoms with van der Waals surface area (Å²) in [5.74, 6) is -0.257. The largest absolute Gasteiger partial charge is 0.417 e. The number of carbonyl (C=O) groups is 2. The lowest BCUT2D eigenvalue weighted by Crippen LogP contribution is -2.46. The third-order valence-corrected chi connectivity index (χ3v) is 8.54. The summed E-state index contributed by atoms with van der Waals surface area (Å²) in [6.07, 6.45) is 1.19. The minimum absolute atomic E-state index is 0.0673. The van der Waals surface area contributed by atoms with E-state index in [4.69, 9.17) is 4.98 Å². The molecule has 222 valence electrons. The van der Waals surface area contributed by atoms with E-state index in [0.29, 0.717) is 28.4 Å². The highest BCUT2D eigenvalue weighted by Gasteiger charge is 2.36. The van der Waals surface area contributed by atoms with Gasteiger partial charge >= 0.3 is 6.18 Å². The predicted molar refractivity (Wildman–Crippen MR) is 155 cm³/mol. The van der Waals surface area contributed by atoms with Crippen LogP contribution in [0.15, 0.2) is 64.1 Å². The molecule has 1 saturated carbocycles. The maximum absolute atomic E-state index is 14.1. The Kier molecular flexibility index (Phi) is 7.23. The minimum atomic E-state index is -4.64. The molecule has 13 heteroatoms. The van der Waals surface area contributed by atoms with Crippen molar-refractivity contribution in [3.8, 4) is 11.6 Å². The maximum atomic E-state index is 14.1. The van der Waals surface area contributed by atoms with E-state index in [0.717, 1.165) is 24.5 Å². The highest BCUT2D eigenvalue weighted by molar-refractivity contribution is 9.10. The summed E-state index contributed by atoms with van der Waals surface area (Å²) >= 11 is 2.92. The van der Waals surface area contributed by atoms with Gasteiger partial charge in [0.25, 0.3) is 17.4 Å². The minimum Gasteiger partial charge on any atom is -0.355 e. The lowest BCUT2D eigenvalue weighted by molar-refractivity contribution is -0.138. The lowest BCUT2D eigenvalue weighted by atomic mass is 9.98. The van der Waals surface area contributed by atoms with Crippen LogP contribution in [0.25, 0.3) is 11.6 Å². The molecule has 1 N–H and O–H groups in total. The third kappa shape index (κ3) is 5.37. The van der Waals surface area contributed by atoms with Gasteiger partial charge in [-0.05, 0) is 80.1 Å². The predicted octanol–water partition coefficient (Wildman–Crippen LogP) is 5.02. The topological polar surface area (TPSA) is 102 Å². The summed E-state index contributed by atoms with van der Waals surface area (Å²) in [4.78, 5) is 46.0. The quantitative estimate of drug-likeness (QED) is 0.326. The summed E-state index contributed by atoms with van der Waals surface area (Å²) in [6, 6.07) is 9.42. The van der Waals surface area contributed by atoms with Crippen LogP contribution in [0.4, 0.5) is 13.2 Å². The van der Waals surface area contributed by atoms with E-state index in [9.17, 15) is 27.6 Å². The molecule has 2 amide bonds. The lowest BCUT2D eigenvalue weighted by Gasteiger charge is -2.34. The van der Waals surface area contributed by atoms with Crippen LogP contribution in [0, 0.1) is 0 Å². The Morgan fingerprint density at radius 2 is 1.77 bits per heavy atom. The molecule has 1 aliphatic carbocycles. The zero-order chi connectivity index (χ0) is 30.6. The van der Waals surface area contributed by atoms with Crippen molar-refractivity contribution in [1.29, 1.82) is 0 Å². The maximum Gasteiger partial charge on any atom is 0.417 e. The summed E-state index contributed by atoms with van der Waals surface area (Å²) in [6.45, 7) is 1.68. The van der Waals surface area contributed by atoms with Gasteiger partial charge in [0.1, 0.15) is 0 Å². The first-order valence-corrected chi connectivity index (χ1v) is 14.5. The monoisotopic (exact) mass is 654 g/mol. The zero-order valence-electron chi connectivity index (χ0n) is 23.2. The molecule has 2 aromatic carbocycles. The van der Waals surface area contributed by atoms with E-state index in [1.54, 1.807) is 37.4 Å². The van der Waals surface area contributed by atoms with E-state index in [-0.39, 0.29) is 40.4 Å². The van der Waals surface area contributed by atoms with Gasteiger partial charge in [0.2, 0.25) is 5.95 Å². The van der Waals surface area contributed by atoms with Crippen molar-refractivity contribution in [2.45, 2.75) is 50.9 Å². The second kappa shape index (κ2) is 10.8. The fourth-order valence-corrected chi connectivity index (χ4v) is 5.80. The van der Waals surface area contributed by atoms with Gasteiger partial charge in [0.15, 0.2) is 0 Å². The van der Waals surface area contributed by atoms with Gasteiger partial charge in [-0.2, -0.15) is 18.3 Å². The number of rotatable bonds is 5. The van der Waals surface area contributed by atoms with Crippen LogP contribution in [0.1, 0.15) is 68.8 Å². The van der Waals surface area contributed by atoms with Crippen LogP contribution in [0.3, 0.4) is 0 Å². The van der Waals surface area contributed by atoms with Crippen molar-refractivity contribution in [2.24, 2.45) is 0 Å². The number of hydrogen-bond acceptors (Lipinski definition) is 5. The fraction of sp³-hybridized carbons (Fsp3) is 0.300. The van der Waals surface area contributed by atoms with Crippen LogP contribution < -0.4 is 10.9 Å². The number of carbonyl (C=O) groups excluding carboxylic acids is 2. The first kappa shape index (κ1) is 28.8. The molecule has 0 radical (unpaired) electrons. The molecule has 9 nitrogen and oxygen atoms in total. The van der Waals surface area contributed by atoms with Gasteiger partial charge in [-0.15, -0.1) is 0 Å². The molecule has 1 aliphatic heterocycles. The van der Waals surface area contributed by atoms with Gasteiger partial charge < -0.3 is 10.2 Å². The third-order valence-electron chi connectivity index (χ3n) is 7.85. The standard InChI is InChI=1S/C30H26BrF3N6O3/c1-16-11-22-25(15-38(16)27(42)19-7-10-24(31)23(12-19)30(32,33)34)37-29(39-14-20(13-36-39)17-3-4-17)40(28(22)43)21-8-5-18(6-9-21)26(41)35-2/h5-10,12-14,16-17H,3-4,11,15H2,1-2H3,(H,35,41)/t16-/m1/s1. The van der Waals surface area contributed by atoms with Crippen molar-refractivity contribution < 1.29 is 22.8 Å². The Bertz CT molecular complexity index is 1810. The number of halogens is 4. The second-order valence-electron chi connectivity index (χ2n) is 10.8.